The van der Waals surface area contributed by atoms with Crippen molar-refractivity contribution < 1.29 is 18.4 Å². The molecule has 1 aliphatic rings. The van der Waals surface area contributed by atoms with E-state index >= 15 is 0 Å². The number of carbonyl (C=O) groups is 2. The first-order valence-electron chi connectivity index (χ1n) is 6.90. The maximum absolute atomic E-state index is 13.2. The van der Waals surface area contributed by atoms with E-state index in [-0.39, 0.29) is 31.3 Å². The molecule has 1 atom stereocenters. The van der Waals surface area contributed by atoms with Crippen molar-refractivity contribution in [2.24, 2.45) is 0 Å². The molecule has 0 radical (unpaired) electrons. The minimum absolute atomic E-state index is 0.153. The van der Waals surface area contributed by atoms with Gasteiger partial charge in [0.15, 0.2) is 11.6 Å². The highest BCUT2D eigenvalue weighted by atomic mass is 19.2. The second kappa shape index (κ2) is 5.79. The van der Waals surface area contributed by atoms with E-state index in [2.05, 4.69) is 5.32 Å². The quantitative estimate of drug-likeness (QED) is 0.927. The predicted octanol–water partition coefficient (Wildman–Crippen LogP) is 1.98. The highest BCUT2D eigenvalue weighted by molar-refractivity contribution is 5.93. The molecule has 1 unspecified atom stereocenters. The Hall–Kier alpha value is -1.98. The number of nitrogens with zero attached hydrogens (tertiary/aromatic N) is 1. The number of nitrogens with one attached hydrogen (secondary N) is 1. The zero-order chi connectivity index (χ0) is 15.6. The Morgan fingerprint density at radius 3 is 2.62 bits per heavy atom. The minimum Gasteiger partial charge on any atom is -0.342 e. The highest BCUT2D eigenvalue weighted by Gasteiger charge is 2.38. The third-order valence-electron chi connectivity index (χ3n) is 3.85. The molecule has 1 N–H and O–H groups in total. The fraction of sp³-hybridized carbons (Fsp3) is 0.467. The second-order valence-corrected chi connectivity index (χ2v) is 5.46. The number of amides is 2. The van der Waals surface area contributed by atoms with Crippen molar-refractivity contribution >= 4 is 11.8 Å². The van der Waals surface area contributed by atoms with Gasteiger partial charge in [-0.15, -0.1) is 0 Å². The van der Waals surface area contributed by atoms with Crippen LogP contribution in [-0.4, -0.2) is 28.8 Å². The second-order valence-electron chi connectivity index (χ2n) is 5.46. The van der Waals surface area contributed by atoms with Gasteiger partial charge in [0.25, 0.3) is 0 Å². The summed E-state index contributed by atoms with van der Waals surface area (Å²) < 4.78 is 26.2. The lowest BCUT2D eigenvalue weighted by atomic mass is 9.97. The van der Waals surface area contributed by atoms with Crippen LogP contribution >= 0.6 is 0 Å². The number of hydrogen-bond donors (Lipinski definition) is 1. The summed E-state index contributed by atoms with van der Waals surface area (Å²) in [6, 6.07) is 3.55. The first-order valence-corrected chi connectivity index (χ1v) is 6.90. The Balaban J connectivity index is 2.23. The summed E-state index contributed by atoms with van der Waals surface area (Å²) in [4.78, 5) is 25.8. The van der Waals surface area contributed by atoms with Crippen molar-refractivity contribution in [1.29, 1.82) is 0 Å². The number of rotatable bonds is 3. The lowest BCUT2D eigenvalue weighted by Crippen LogP contribution is -2.54. The summed E-state index contributed by atoms with van der Waals surface area (Å²) in [6.07, 6.45) is 0.664. The molecule has 1 saturated heterocycles. The molecule has 0 bridgehead atoms. The van der Waals surface area contributed by atoms with Crippen LogP contribution in [-0.2, 0) is 16.1 Å². The number of carbonyl (C=O) groups excluding carboxylic acids is 2. The van der Waals surface area contributed by atoms with Crippen LogP contribution in [0.1, 0.15) is 32.3 Å². The van der Waals surface area contributed by atoms with Crippen molar-refractivity contribution in [3.8, 4) is 0 Å². The molecule has 0 saturated carbocycles. The summed E-state index contributed by atoms with van der Waals surface area (Å²) in [7, 11) is 0. The number of halogens is 2. The molecule has 1 heterocycles. The molecule has 21 heavy (non-hydrogen) atoms. The molecule has 2 rings (SSSR count). The zero-order valence-corrected chi connectivity index (χ0v) is 12.1. The van der Waals surface area contributed by atoms with Gasteiger partial charge >= 0.3 is 0 Å². The topological polar surface area (TPSA) is 49.4 Å². The van der Waals surface area contributed by atoms with Crippen molar-refractivity contribution in [3.63, 3.8) is 0 Å². The lowest BCUT2D eigenvalue weighted by molar-refractivity contribution is -0.138. The molecule has 114 valence electrons. The molecule has 2 amide bonds. The van der Waals surface area contributed by atoms with E-state index in [9.17, 15) is 18.4 Å². The zero-order valence-electron chi connectivity index (χ0n) is 12.1. The Bertz CT molecular complexity index is 577. The van der Waals surface area contributed by atoms with Crippen LogP contribution in [0.3, 0.4) is 0 Å². The van der Waals surface area contributed by atoms with E-state index in [0.717, 1.165) is 12.1 Å². The first-order chi connectivity index (χ1) is 9.85. The third-order valence-corrected chi connectivity index (χ3v) is 3.85. The van der Waals surface area contributed by atoms with E-state index in [4.69, 9.17) is 0 Å². The van der Waals surface area contributed by atoms with Gasteiger partial charge in [0.05, 0.1) is 0 Å². The molecule has 1 aromatic carbocycles. The maximum Gasteiger partial charge on any atom is 0.248 e. The van der Waals surface area contributed by atoms with Crippen molar-refractivity contribution in [1.82, 2.24) is 10.2 Å². The molecular weight excluding hydrogens is 278 g/mol. The standard InChI is InChI=1S/C15H18F2N2O2/c1-3-15(2)14(21)19(7-6-13(20)18-15)9-10-4-5-11(16)12(17)8-10/h4-5,8H,3,6-7,9H2,1-2H3,(H,18,20). The van der Waals surface area contributed by atoms with Gasteiger partial charge in [0.2, 0.25) is 11.8 Å². The Morgan fingerprint density at radius 2 is 2.00 bits per heavy atom. The van der Waals surface area contributed by atoms with Crippen LogP contribution in [0.4, 0.5) is 8.78 Å². The van der Waals surface area contributed by atoms with Crippen LogP contribution in [0.15, 0.2) is 18.2 Å². The summed E-state index contributed by atoms with van der Waals surface area (Å²) in [5, 5.41) is 2.73. The summed E-state index contributed by atoms with van der Waals surface area (Å²) in [5.74, 6) is -2.25. The van der Waals surface area contributed by atoms with Crippen LogP contribution < -0.4 is 5.32 Å². The molecular formula is C15H18F2N2O2. The van der Waals surface area contributed by atoms with E-state index in [1.54, 1.807) is 6.92 Å². The predicted molar refractivity (Wildman–Crippen MR) is 73.2 cm³/mol. The van der Waals surface area contributed by atoms with E-state index in [1.165, 1.54) is 11.0 Å². The van der Waals surface area contributed by atoms with E-state index < -0.39 is 17.2 Å². The maximum atomic E-state index is 13.2. The molecule has 0 aliphatic carbocycles. The molecule has 1 aromatic rings. The Labute approximate surface area is 122 Å². The van der Waals surface area contributed by atoms with Crippen molar-refractivity contribution in [2.75, 3.05) is 6.54 Å². The molecule has 1 fully saturated rings. The summed E-state index contributed by atoms with van der Waals surface area (Å²) in [6.45, 7) is 3.91. The third kappa shape index (κ3) is 3.20. The van der Waals surface area contributed by atoms with Gasteiger partial charge in [-0.25, -0.2) is 8.78 Å². The van der Waals surface area contributed by atoms with Gasteiger partial charge < -0.3 is 10.2 Å². The van der Waals surface area contributed by atoms with Gasteiger partial charge in [-0.3, -0.25) is 9.59 Å². The van der Waals surface area contributed by atoms with Gasteiger partial charge in [-0.05, 0) is 31.0 Å². The average Bonchev–Trinajstić information content (AvgIpc) is 2.55. The number of benzene rings is 1. The van der Waals surface area contributed by atoms with E-state index in [0.29, 0.717) is 12.0 Å². The minimum atomic E-state index is -0.952. The smallest absolute Gasteiger partial charge is 0.248 e. The van der Waals surface area contributed by atoms with Crippen LogP contribution in [0.25, 0.3) is 0 Å². The summed E-state index contributed by atoms with van der Waals surface area (Å²) >= 11 is 0. The van der Waals surface area contributed by atoms with Gasteiger partial charge in [0, 0.05) is 19.5 Å². The fourth-order valence-electron chi connectivity index (χ4n) is 2.36. The molecule has 1 aliphatic heterocycles. The molecule has 0 spiro atoms. The van der Waals surface area contributed by atoms with Crippen LogP contribution in [0.2, 0.25) is 0 Å². The van der Waals surface area contributed by atoms with E-state index in [1.807, 2.05) is 6.92 Å². The molecule has 6 heteroatoms. The van der Waals surface area contributed by atoms with Gasteiger partial charge in [0.1, 0.15) is 5.54 Å². The van der Waals surface area contributed by atoms with Crippen molar-refractivity contribution in [2.45, 2.75) is 38.8 Å². The lowest BCUT2D eigenvalue weighted by Gasteiger charge is -2.31. The monoisotopic (exact) mass is 296 g/mol. The fourth-order valence-corrected chi connectivity index (χ4v) is 2.36. The molecule has 0 aromatic heterocycles. The average molecular weight is 296 g/mol. The van der Waals surface area contributed by atoms with Crippen LogP contribution in [0.5, 0.6) is 0 Å². The van der Waals surface area contributed by atoms with Gasteiger partial charge in [-0.2, -0.15) is 0 Å². The SMILES string of the molecule is CCC1(C)NC(=O)CCN(Cc2ccc(F)c(F)c2)C1=O. The first kappa shape index (κ1) is 15.4. The Kier molecular flexibility index (Phi) is 4.25. The van der Waals surface area contributed by atoms with Crippen molar-refractivity contribution in [3.05, 3.63) is 35.4 Å². The summed E-state index contributed by atoms with van der Waals surface area (Å²) in [5.41, 5.74) is -0.457. The Morgan fingerprint density at radius 1 is 1.29 bits per heavy atom. The van der Waals surface area contributed by atoms with Gasteiger partial charge in [-0.1, -0.05) is 13.0 Å². The largest absolute Gasteiger partial charge is 0.342 e. The highest BCUT2D eigenvalue weighted by Crippen LogP contribution is 2.20. The molecule has 4 nitrogen and oxygen atoms in total. The van der Waals surface area contributed by atoms with Crippen LogP contribution in [0, 0.1) is 11.6 Å². The number of hydrogen-bond acceptors (Lipinski definition) is 2. The normalized spacial score (nSPS) is 23.0.